The number of esters is 1. The molecule has 0 unspecified atom stereocenters. The summed E-state index contributed by atoms with van der Waals surface area (Å²) in [5.41, 5.74) is 0.350. The van der Waals surface area contributed by atoms with Gasteiger partial charge < -0.3 is 14.7 Å². The summed E-state index contributed by atoms with van der Waals surface area (Å²) < 4.78 is 4.99. The van der Waals surface area contributed by atoms with E-state index >= 15 is 0 Å². The quantitative estimate of drug-likeness (QED) is 0.821. The van der Waals surface area contributed by atoms with Crippen molar-refractivity contribution in [3.63, 3.8) is 0 Å². The maximum atomic E-state index is 12.3. The Hall–Kier alpha value is -2.09. The predicted molar refractivity (Wildman–Crippen MR) is 86.0 cm³/mol. The molecule has 2 heterocycles. The van der Waals surface area contributed by atoms with Crippen LogP contribution in [0.1, 0.15) is 35.0 Å². The van der Waals surface area contributed by atoms with Crippen LogP contribution in [0.3, 0.4) is 0 Å². The molecule has 2 amide bonds. The van der Waals surface area contributed by atoms with E-state index in [0.29, 0.717) is 36.5 Å². The second kappa shape index (κ2) is 7.45. The molecule has 0 radical (unpaired) electrons. The molecule has 0 aliphatic carbocycles. The minimum Gasteiger partial charge on any atom is -0.481 e. The fourth-order valence-electron chi connectivity index (χ4n) is 2.47. The van der Waals surface area contributed by atoms with Crippen molar-refractivity contribution < 1.29 is 24.2 Å². The van der Waals surface area contributed by atoms with Gasteiger partial charge in [-0.2, -0.15) is 0 Å². The van der Waals surface area contributed by atoms with E-state index < -0.39 is 17.9 Å². The minimum atomic E-state index is -0.816. The van der Waals surface area contributed by atoms with Crippen LogP contribution in [0, 0.1) is 12.8 Å². The Bertz CT molecular complexity index is 605. The molecule has 7 nitrogen and oxygen atoms in total. The minimum absolute atomic E-state index is 0.268. The molecule has 0 aromatic carbocycles. The van der Waals surface area contributed by atoms with E-state index in [1.165, 1.54) is 11.3 Å². The standard InChI is InChI=1S/C15H20N2O5S/c1-3-22-14(20)11-8-9(2)23-12(11)16-15(21)17-6-4-10(5-7-17)13(18)19/h8,10H,3-7H2,1-2H3,(H,16,21)(H,18,19). The normalized spacial score (nSPS) is 15.3. The number of carbonyl (C=O) groups excluding carboxylic acids is 2. The summed E-state index contributed by atoms with van der Waals surface area (Å²) in [6, 6.07) is 1.37. The van der Waals surface area contributed by atoms with Crippen LogP contribution in [-0.4, -0.2) is 47.7 Å². The molecule has 0 atom stereocenters. The number of hydrogen-bond acceptors (Lipinski definition) is 5. The first-order valence-corrected chi connectivity index (χ1v) is 8.30. The van der Waals surface area contributed by atoms with Crippen molar-refractivity contribution in [2.75, 3.05) is 25.0 Å². The van der Waals surface area contributed by atoms with Gasteiger partial charge in [-0.3, -0.25) is 10.1 Å². The Morgan fingerprint density at radius 1 is 1.39 bits per heavy atom. The van der Waals surface area contributed by atoms with Crippen molar-refractivity contribution in [3.05, 3.63) is 16.5 Å². The number of nitrogens with one attached hydrogen (secondary N) is 1. The van der Waals surface area contributed by atoms with Crippen LogP contribution in [-0.2, 0) is 9.53 Å². The number of piperidine rings is 1. The molecule has 23 heavy (non-hydrogen) atoms. The lowest BCUT2D eigenvalue weighted by Gasteiger charge is -2.30. The van der Waals surface area contributed by atoms with Gasteiger partial charge >= 0.3 is 18.0 Å². The third-order valence-electron chi connectivity index (χ3n) is 3.70. The maximum absolute atomic E-state index is 12.3. The first-order chi connectivity index (χ1) is 10.9. The molecule has 0 saturated carbocycles. The van der Waals surface area contributed by atoms with Gasteiger partial charge in [-0.15, -0.1) is 11.3 Å². The number of urea groups is 1. The van der Waals surface area contributed by atoms with Crippen LogP contribution < -0.4 is 5.32 Å². The molecule has 126 valence electrons. The zero-order chi connectivity index (χ0) is 17.0. The van der Waals surface area contributed by atoms with Crippen molar-refractivity contribution in [1.29, 1.82) is 0 Å². The number of carboxylic acid groups (broad SMARTS) is 1. The van der Waals surface area contributed by atoms with Gasteiger partial charge in [0.1, 0.15) is 5.00 Å². The fourth-order valence-corrected chi connectivity index (χ4v) is 3.36. The summed E-state index contributed by atoms with van der Waals surface area (Å²) in [6.07, 6.45) is 0.883. The van der Waals surface area contributed by atoms with Gasteiger partial charge in [0.15, 0.2) is 0 Å². The number of likely N-dealkylation sites (tertiary alicyclic amines) is 1. The molecule has 8 heteroatoms. The number of anilines is 1. The average molecular weight is 340 g/mol. The Morgan fingerprint density at radius 3 is 2.61 bits per heavy atom. The summed E-state index contributed by atoms with van der Waals surface area (Å²) in [6.45, 7) is 4.62. The van der Waals surface area contributed by atoms with Crippen molar-refractivity contribution >= 4 is 34.3 Å². The molecule has 0 spiro atoms. The predicted octanol–water partition coefficient (Wildman–Crippen LogP) is 2.56. The van der Waals surface area contributed by atoms with Gasteiger partial charge in [-0.25, -0.2) is 9.59 Å². The lowest BCUT2D eigenvalue weighted by atomic mass is 9.97. The number of hydrogen-bond donors (Lipinski definition) is 2. The number of aryl methyl sites for hydroxylation is 1. The number of ether oxygens (including phenoxy) is 1. The van der Waals surface area contributed by atoms with Gasteiger partial charge in [-0.05, 0) is 32.8 Å². The molecular weight excluding hydrogens is 320 g/mol. The highest BCUT2D eigenvalue weighted by Crippen LogP contribution is 2.29. The molecular formula is C15H20N2O5S. The van der Waals surface area contributed by atoms with Gasteiger partial charge in [-0.1, -0.05) is 0 Å². The number of nitrogens with zero attached hydrogens (tertiary/aromatic N) is 1. The van der Waals surface area contributed by atoms with Crippen LogP contribution in [0.15, 0.2) is 6.07 Å². The van der Waals surface area contributed by atoms with E-state index in [2.05, 4.69) is 5.32 Å². The summed E-state index contributed by atoms with van der Waals surface area (Å²) in [7, 11) is 0. The zero-order valence-electron chi connectivity index (χ0n) is 13.1. The van der Waals surface area contributed by atoms with E-state index in [1.807, 2.05) is 6.92 Å². The number of carboxylic acids is 1. The molecule has 2 N–H and O–H groups in total. The zero-order valence-corrected chi connectivity index (χ0v) is 13.9. The van der Waals surface area contributed by atoms with Crippen molar-refractivity contribution in [1.82, 2.24) is 4.90 Å². The average Bonchev–Trinajstić information content (AvgIpc) is 2.88. The number of aliphatic carboxylic acids is 1. The molecule has 1 fully saturated rings. The first kappa shape index (κ1) is 17.3. The second-order valence-electron chi connectivity index (χ2n) is 5.35. The lowest BCUT2D eigenvalue weighted by Crippen LogP contribution is -2.42. The van der Waals surface area contributed by atoms with Crippen molar-refractivity contribution in [3.8, 4) is 0 Å². The number of carbonyl (C=O) groups is 3. The van der Waals surface area contributed by atoms with Crippen LogP contribution >= 0.6 is 11.3 Å². The van der Waals surface area contributed by atoms with E-state index in [1.54, 1.807) is 17.9 Å². The number of amides is 2. The smallest absolute Gasteiger partial charge is 0.341 e. The highest BCUT2D eigenvalue weighted by molar-refractivity contribution is 7.16. The summed E-state index contributed by atoms with van der Waals surface area (Å²) in [5, 5.41) is 12.2. The second-order valence-corrected chi connectivity index (χ2v) is 6.61. The van der Waals surface area contributed by atoms with E-state index in [4.69, 9.17) is 9.84 Å². The Kier molecular flexibility index (Phi) is 5.59. The summed E-state index contributed by atoms with van der Waals surface area (Å²) >= 11 is 1.31. The lowest BCUT2D eigenvalue weighted by molar-refractivity contribution is -0.143. The molecule has 1 aromatic rings. The van der Waals surface area contributed by atoms with Crippen molar-refractivity contribution in [2.45, 2.75) is 26.7 Å². The Balaban J connectivity index is 2.01. The third kappa shape index (κ3) is 4.22. The largest absolute Gasteiger partial charge is 0.481 e. The van der Waals surface area contributed by atoms with Crippen LogP contribution in [0.5, 0.6) is 0 Å². The fraction of sp³-hybridized carbons (Fsp3) is 0.533. The molecule has 1 saturated heterocycles. The SMILES string of the molecule is CCOC(=O)c1cc(C)sc1NC(=O)N1CCC(C(=O)O)CC1. The maximum Gasteiger partial charge on any atom is 0.341 e. The number of rotatable bonds is 4. The highest BCUT2D eigenvalue weighted by Gasteiger charge is 2.28. The van der Waals surface area contributed by atoms with E-state index in [-0.39, 0.29) is 12.6 Å². The van der Waals surface area contributed by atoms with Crippen molar-refractivity contribution in [2.24, 2.45) is 5.92 Å². The third-order valence-corrected chi connectivity index (χ3v) is 4.67. The van der Waals surface area contributed by atoms with Gasteiger partial charge in [0.25, 0.3) is 0 Å². The topological polar surface area (TPSA) is 95.9 Å². The van der Waals surface area contributed by atoms with E-state index in [0.717, 1.165) is 4.88 Å². The molecule has 1 aromatic heterocycles. The van der Waals surface area contributed by atoms with Gasteiger partial charge in [0, 0.05) is 18.0 Å². The molecule has 2 rings (SSSR count). The molecule has 1 aliphatic heterocycles. The van der Waals surface area contributed by atoms with Gasteiger partial charge in [0.2, 0.25) is 0 Å². The number of thiophene rings is 1. The Morgan fingerprint density at radius 2 is 2.04 bits per heavy atom. The van der Waals surface area contributed by atoms with E-state index in [9.17, 15) is 14.4 Å². The summed E-state index contributed by atoms with van der Waals surface area (Å²) in [4.78, 5) is 37.6. The van der Waals surface area contributed by atoms with Gasteiger partial charge in [0.05, 0.1) is 18.1 Å². The van der Waals surface area contributed by atoms with Crippen LogP contribution in [0.25, 0.3) is 0 Å². The first-order valence-electron chi connectivity index (χ1n) is 7.48. The van der Waals surface area contributed by atoms with Crippen LogP contribution in [0.4, 0.5) is 9.80 Å². The molecule has 0 bridgehead atoms. The highest BCUT2D eigenvalue weighted by atomic mass is 32.1. The Labute approximate surface area is 138 Å². The monoisotopic (exact) mass is 340 g/mol. The molecule has 1 aliphatic rings. The summed E-state index contributed by atoms with van der Waals surface area (Å²) in [5.74, 6) is -1.67. The van der Waals surface area contributed by atoms with Crippen LogP contribution in [0.2, 0.25) is 0 Å².